The van der Waals surface area contributed by atoms with Crippen molar-refractivity contribution in [1.82, 2.24) is 24.9 Å². The van der Waals surface area contributed by atoms with Gasteiger partial charge >= 0.3 is 0 Å². The Labute approximate surface area is 189 Å². The Morgan fingerprint density at radius 3 is 2.84 bits per heavy atom. The van der Waals surface area contributed by atoms with Crippen molar-refractivity contribution < 1.29 is 4.74 Å². The summed E-state index contributed by atoms with van der Waals surface area (Å²) < 4.78 is 7.94. The molecule has 1 fully saturated rings. The van der Waals surface area contributed by atoms with Crippen LogP contribution in [0.5, 0.6) is 5.75 Å². The SMILES string of the molecule is Cc1nn(C(C)C)c(C)c1CN1CCC(c2cc(CCOc3cccc(Cl)c3)[nH]n2)C1. The van der Waals surface area contributed by atoms with Crippen LogP contribution in [0.15, 0.2) is 30.3 Å². The van der Waals surface area contributed by atoms with Crippen LogP contribution < -0.4 is 4.74 Å². The van der Waals surface area contributed by atoms with Crippen LogP contribution in [-0.2, 0) is 13.0 Å². The van der Waals surface area contributed by atoms with Gasteiger partial charge in [-0.15, -0.1) is 0 Å². The summed E-state index contributed by atoms with van der Waals surface area (Å²) >= 11 is 6.01. The molecular weight excluding hydrogens is 410 g/mol. The van der Waals surface area contributed by atoms with Gasteiger partial charge in [-0.25, -0.2) is 0 Å². The fourth-order valence-corrected chi connectivity index (χ4v) is 4.60. The molecule has 0 spiro atoms. The maximum Gasteiger partial charge on any atom is 0.120 e. The molecule has 3 aromatic rings. The van der Waals surface area contributed by atoms with Crippen LogP contribution in [0.1, 0.15) is 60.6 Å². The molecule has 3 heterocycles. The van der Waals surface area contributed by atoms with Gasteiger partial charge in [0.1, 0.15) is 5.75 Å². The van der Waals surface area contributed by atoms with Crippen LogP contribution in [0.2, 0.25) is 5.02 Å². The molecular formula is C24H32ClN5O. The minimum Gasteiger partial charge on any atom is -0.493 e. The number of aromatic amines is 1. The summed E-state index contributed by atoms with van der Waals surface area (Å²) in [6.45, 7) is 12.4. The van der Waals surface area contributed by atoms with Gasteiger partial charge in [0, 0.05) is 53.4 Å². The first-order chi connectivity index (χ1) is 14.9. The molecule has 31 heavy (non-hydrogen) atoms. The summed E-state index contributed by atoms with van der Waals surface area (Å²) in [6, 6.07) is 10.1. The van der Waals surface area contributed by atoms with E-state index in [-0.39, 0.29) is 0 Å². The van der Waals surface area contributed by atoms with Gasteiger partial charge < -0.3 is 4.74 Å². The van der Waals surface area contributed by atoms with Crippen LogP contribution in [0.4, 0.5) is 0 Å². The van der Waals surface area contributed by atoms with Crippen molar-refractivity contribution in [3.8, 4) is 5.75 Å². The molecule has 0 bridgehead atoms. The molecule has 0 aliphatic carbocycles. The van der Waals surface area contributed by atoms with Crippen molar-refractivity contribution in [2.75, 3.05) is 19.7 Å². The standard InChI is InChI=1S/C24H32ClN5O/c1-16(2)30-18(4)23(17(3)28-30)15-29-10-8-19(14-29)24-13-21(26-27-24)9-11-31-22-7-5-6-20(25)12-22/h5-7,12-13,16,19H,8-11,14-15H2,1-4H3,(H,26,27). The third-order valence-corrected chi connectivity index (χ3v) is 6.36. The van der Waals surface area contributed by atoms with Crippen molar-refractivity contribution in [2.24, 2.45) is 0 Å². The van der Waals surface area contributed by atoms with E-state index in [1.165, 1.54) is 11.3 Å². The molecule has 0 saturated carbocycles. The number of hydrogen-bond acceptors (Lipinski definition) is 4. The predicted octanol–water partition coefficient (Wildman–Crippen LogP) is 5.07. The molecule has 166 valence electrons. The van der Waals surface area contributed by atoms with E-state index in [0.29, 0.717) is 23.6 Å². The van der Waals surface area contributed by atoms with Gasteiger partial charge in [0.05, 0.1) is 18.0 Å². The number of nitrogens with one attached hydrogen (secondary N) is 1. The molecule has 1 aliphatic heterocycles. The lowest BCUT2D eigenvalue weighted by atomic mass is 10.0. The number of aromatic nitrogens is 4. The molecule has 7 heteroatoms. The number of rotatable bonds is 8. The van der Waals surface area contributed by atoms with E-state index in [2.05, 4.69) is 53.5 Å². The second kappa shape index (κ2) is 9.45. The predicted molar refractivity (Wildman–Crippen MR) is 124 cm³/mol. The lowest BCUT2D eigenvalue weighted by Gasteiger charge is -2.16. The Morgan fingerprint density at radius 2 is 2.10 bits per heavy atom. The number of aryl methyl sites for hydroxylation is 1. The van der Waals surface area contributed by atoms with Gasteiger partial charge in [0.2, 0.25) is 0 Å². The summed E-state index contributed by atoms with van der Waals surface area (Å²) in [5, 5.41) is 13.2. The minimum atomic E-state index is 0.393. The molecule has 1 saturated heterocycles. The Bertz CT molecular complexity index is 1020. The first kappa shape index (κ1) is 21.9. The van der Waals surface area contributed by atoms with E-state index >= 15 is 0 Å². The largest absolute Gasteiger partial charge is 0.493 e. The van der Waals surface area contributed by atoms with Crippen LogP contribution in [0.25, 0.3) is 0 Å². The summed E-state index contributed by atoms with van der Waals surface area (Å²) in [6.07, 6.45) is 1.93. The topological polar surface area (TPSA) is 59.0 Å². The van der Waals surface area contributed by atoms with Crippen LogP contribution in [0.3, 0.4) is 0 Å². The Balaban J connectivity index is 1.30. The second-order valence-electron chi connectivity index (χ2n) is 8.78. The molecule has 0 radical (unpaired) electrons. The number of H-pyrrole nitrogens is 1. The van der Waals surface area contributed by atoms with Gasteiger partial charge in [0.15, 0.2) is 0 Å². The average Bonchev–Trinajstić information content (AvgIpc) is 3.44. The lowest BCUT2D eigenvalue weighted by molar-refractivity contribution is 0.320. The Kier molecular flexibility index (Phi) is 6.68. The number of halogens is 1. The number of likely N-dealkylation sites (tertiary alicyclic amines) is 1. The van der Waals surface area contributed by atoms with E-state index in [1.54, 1.807) is 0 Å². The number of benzene rings is 1. The Morgan fingerprint density at radius 1 is 1.26 bits per heavy atom. The first-order valence-electron chi connectivity index (χ1n) is 11.1. The normalized spacial score (nSPS) is 17.0. The fraction of sp³-hybridized carbons (Fsp3) is 0.500. The number of hydrogen-bond donors (Lipinski definition) is 1. The molecule has 6 nitrogen and oxygen atoms in total. The molecule has 0 amide bonds. The highest BCUT2D eigenvalue weighted by Crippen LogP contribution is 2.29. The van der Waals surface area contributed by atoms with Crippen LogP contribution >= 0.6 is 11.6 Å². The van der Waals surface area contributed by atoms with Gasteiger partial charge in [-0.05, 0) is 64.9 Å². The maximum atomic E-state index is 6.01. The lowest BCUT2D eigenvalue weighted by Crippen LogP contribution is -2.20. The monoisotopic (exact) mass is 441 g/mol. The maximum absolute atomic E-state index is 6.01. The van der Waals surface area contributed by atoms with Crippen LogP contribution in [-0.4, -0.2) is 44.6 Å². The van der Waals surface area contributed by atoms with Crippen molar-refractivity contribution >= 4 is 11.6 Å². The van der Waals surface area contributed by atoms with Crippen LogP contribution in [0, 0.1) is 13.8 Å². The van der Waals surface area contributed by atoms with Crippen molar-refractivity contribution in [3.63, 3.8) is 0 Å². The highest BCUT2D eigenvalue weighted by molar-refractivity contribution is 6.30. The molecule has 4 rings (SSSR count). The zero-order chi connectivity index (χ0) is 22.0. The number of nitrogens with zero attached hydrogens (tertiary/aromatic N) is 4. The van der Waals surface area contributed by atoms with E-state index in [4.69, 9.17) is 21.4 Å². The third-order valence-electron chi connectivity index (χ3n) is 6.12. The molecule has 2 aromatic heterocycles. The summed E-state index contributed by atoms with van der Waals surface area (Å²) in [5.41, 5.74) is 6.08. The van der Waals surface area contributed by atoms with Gasteiger partial charge in [0.25, 0.3) is 0 Å². The quantitative estimate of drug-likeness (QED) is 0.530. The zero-order valence-electron chi connectivity index (χ0n) is 18.9. The van der Waals surface area contributed by atoms with Gasteiger partial charge in [-0.2, -0.15) is 10.2 Å². The van der Waals surface area contributed by atoms with E-state index in [0.717, 1.165) is 55.3 Å². The van der Waals surface area contributed by atoms with Gasteiger partial charge in [-0.1, -0.05) is 17.7 Å². The summed E-state index contributed by atoms with van der Waals surface area (Å²) in [7, 11) is 0. The highest BCUT2D eigenvalue weighted by Gasteiger charge is 2.27. The summed E-state index contributed by atoms with van der Waals surface area (Å²) in [5.74, 6) is 1.27. The molecule has 1 N–H and O–H groups in total. The van der Waals surface area contributed by atoms with Crippen molar-refractivity contribution in [3.05, 3.63) is 63.7 Å². The molecule has 1 atom stereocenters. The van der Waals surface area contributed by atoms with E-state index in [1.807, 2.05) is 24.3 Å². The second-order valence-corrected chi connectivity index (χ2v) is 9.22. The van der Waals surface area contributed by atoms with Crippen molar-refractivity contribution in [1.29, 1.82) is 0 Å². The molecule has 1 unspecified atom stereocenters. The fourth-order valence-electron chi connectivity index (χ4n) is 4.42. The highest BCUT2D eigenvalue weighted by atomic mass is 35.5. The Hall–Kier alpha value is -2.31. The average molecular weight is 442 g/mol. The third kappa shape index (κ3) is 5.13. The smallest absolute Gasteiger partial charge is 0.120 e. The number of ether oxygens (including phenoxy) is 1. The van der Waals surface area contributed by atoms with E-state index in [9.17, 15) is 0 Å². The van der Waals surface area contributed by atoms with Crippen molar-refractivity contribution in [2.45, 2.75) is 59.0 Å². The molecule has 1 aliphatic rings. The first-order valence-corrected chi connectivity index (χ1v) is 11.5. The van der Waals surface area contributed by atoms with E-state index < -0.39 is 0 Å². The minimum absolute atomic E-state index is 0.393. The van der Waals surface area contributed by atoms with Gasteiger partial charge in [-0.3, -0.25) is 14.7 Å². The zero-order valence-corrected chi connectivity index (χ0v) is 19.6. The molecule has 1 aromatic carbocycles. The summed E-state index contributed by atoms with van der Waals surface area (Å²) in [4.78, 5) is 2.53.